The summed E-state index contributed by atoms with van der Waals surface area (Å²) >= 11 is 0. The summed E-state index contributed by atoms with van der Waals surface area (Å²) < 4.78 is 13.5. The number of ether oxygens (including phenoxy) is 2. The number of esters is 1. The van der Waals surface area contributed by atoms with Gasteiger partial charge in [-0.1, -0.05) is 43.2 Å². The molecular formula is C28H36N2O4. The number of rotatable bonds is 9. The number of aromatic nitrogens is 1. The Bertz CT molecular complexity index is 1080. The van der Waals surface area contributed by atoms with E-state index in [9.17, 15) is 9.90 Å². The third kappa shape index (κ3) is 5.80. The Morgan fingerprint density at radius 1 is 1.06 bits per heavy atom. The smallest absolute Gasteiger partial charge is 0.340 e. The summed E-state index contributed by atoms with van der Waals surface area (Å²) in [5.41, 5.74) is 3.57. The van der Waals surface area contributed by atoms with E-state index in [0.717, 1.165) is 35.2 Å². The lowest BCUT2D eigenvalue weighted by molar-refractivity contribution is 0.0527. The van der Waals surface area contributed by atoms with E-state index < -0.39 is 6.10 Å². The van der Waals surface area contributed by atoms with E-state index in [2.05, 4.69) is 21.6 Å². The minimum absolute atomic E-state index is 0.223. The first-order chi connectivity index (χ1) is 16.6. The third-order valence-corrected chi connectivity index (χ3v) is 6.57. The fourth-order valence-electron chi connectivity index (χ4n) is 4.84. The molecule has 0 unspecified atom stereocenters. The second-order valence-corrected chi connectivity index (χ2v) is 9.11. The van der Waals surface area contributed by atoms with Crippen LogP contribution in [0.15, 0.2) is 48.5 Å². The number of aliphatic hydroxyl groups is 1. The molecule has 2 heterocycles. The monoisotopic (exact) mass is 464 g/mol. The second-order valence-electron chi connectivity index (χ2n) is 9.11. The molecule has 1 atom stereocenters. The molecule has 1 aliphatic rings. The van der Waals surface area contributed by atoms with Crippen molar-refractivity contribution in [2.75, 3.05) is 32.8 Å². The van der Waals surface area contributed by atoms with E-state index in [0.29, 0.717) is 31.0 Å². The molecule has 1 aliphatic heterocycles. The number of carbonyl (C=O) groups excluding carboxylic acids is 1. The van der Waals surface area contributed by atoms with Crippen LogP contribution in [-0.2, 0) is 11.3 Å². The number of fused-ring (bicyclic) bond motifs is 1. The second kappa shape index (κ2) is 11.5. The topological polar surface area (TPSA) is 63.9 Å². The molecule has 182 valence electrons. The molecule has 1 N–H and O–H groups in total. The van der Waals surface area contributed by atoms with Crippen LogP contribution in [0, 0.1) is 6.92 Å². The highest BCUT2D eigenvalue weighted by Gasteiger charge is 2.22. The predicted molar refractivity (Wildman–Crippen MR) is 135 cm³/mol. The third-order valence-electron chi connectivity index (χ3n) is 6.57. The SMILES string of the molecule is CCOC(=O)c1c(C)n(Cc2ccccc2)c2ccc(OC[C@H](O)CN3CCCCCC3)cc12. The average Bonchev–Trinajstić information content (AvgIpc) is 2.97. The van der Waals surface area contributed by atoms with E-state index in [4.69, 9.17) is 9.47 Å². The highest BCUT2D eigenvalue weighted by atomic mass is 16.5. The number of benzene rings is 2. The molecule has 1 aromatic heterocycles. The summed E-state index contributed by atoms with van der Waals surface area (Å²) in [6.45, 7) is 7.70. The van der Waals surface area contributed by atoms with Crippen LogP contribution in [-0.4, -0.2) is 59.5 Å². The molecule has 0 bridgehead atoms. The lowest BCUT2D eigenvalue weighted by Gasteiger charge is -2.23. The summed E-state index contributed by atoms with van der Waals surface area (Å²) in [5, 5.41) is 11.4. The van der Waals surface area contributed by atoms with Crippen LogP contribution in [0.3, 0.4) is 0 Å². The van der Waals surface area contributed by atoms with Gasteiger partial charge in [0.1, 0.15) is 18.5 Å². The average molecular weight is 465 g/mol. The molecule has 0 amide bonds. The van der Waals surface area contributed by atoms with Gasteiger partial charge in [-0.05, 0) is 63.5 Å². The van der Waals surface area contributed by atoms with Crippen LogP contribution in [0.5, 0.6) is 5.75 Å². The van der Waals surface area contributed by atoms with Gasteiger partial charge in [-0.3, -0.25) is 0 Å². The molecule has 6 nitrogen and oxygen atoms in total. The number of likely N-dealkylation sites (tertiary alicyclic amines) is 1. The molecule has 2 aromatic carbocycles. The molecule has 3 aromatic rings. The van der Waals surface area contributed by atoms with Gasteiger partial charge in [0.05, 0.1) is 12.2 Å². The molecule has 0 radical (unpaired) electrons. The van der Waals surface area contributed by atoms with Gasteiger partial charge in [-0.15, -0.1) is 0 Å². The Morgan fingerprint density at radius 2 is 1.79 bits per heavy atom. The van der Waals surface area contributed by atoms with Gasteiger partial charge >= 0.3 is 5.97 Å². The van der Waals surface area contributed by atoms with Crippen molar-refractivity contribution in [3.8, 4) is 5.75 Å². The molecule has 1 saturated heterocycles. The number of nitrogens with zero attached hydrogens (tertiary/aromatic N) is 2. The van der Waals surface area contributed by atoms with Gasteiger partial charge in [0.2, 0.25) is 0 Å². The number of hydrogen-bond donors (Lipinski definition) is 1. The number of carbonyl (C=O) groups is 1. The number of β-amino-alcohol motifs (C(OH)–C–C–N with tert-alkyl or cyclic N) is 1. The fourth-order valence-corrected chi connectivity index (χ4v) is 4.84. The molecule has 1 fully saturated rings. The van der Waals surface area contributed by atoms with Crippen LogP contribution in [0.4, 0.5) is 0 Å². The van der Waals surface area contributed by atoms with Gasteiger partial charge in [0, 0.05) is 29.7 Å². The highest BCUT2D eigenvalue weighted by Crippen LogP contribution is 2.31. The molecule has 0 aliphatic carbocycles. The quantitative estimate of drug-likeness (QED) is 0.461. The van der Waals surface area contributed by atoms with Crippen molar-refractivity contribution in [3.63, 3.8) is 0 Å². The zero-order chi connectivity index (χ0) is 23.9. The minimum Gasteiger partial charge on any atom is -0.491 e. The maximum atomic E-state index is 12.9. The molecule has 6 heteroatoms. The van der Waals surface area contributed by atoms with Crippen molar-refractivity contribution < 1.29 is 19.4 Å². The maximum absolute atomic E-state index is 12.9. The molecular weight excluding hydrogens is 428 g/mol. The van der Waals surface area contributed by atoms with Gasteiger partial charge in [0.25, 0.3) is 0 Å². The normalized spacial score (nSPS) is 15.7. The van der Waals surface area contributed by atoms with Crippen LogP contribution in [0.2, 0.25) is 0 Å². The van der Waals surface area contributed by atoms with Crippen LogP contribution < -0.4 is 4.74 Å². The highest BCUT2D eigenvalue weighted by molar-refractivity contribution is 6.06. The van der Waals surface area contributed by atoms with Crippen molar-refractivity contribution in [2.45, 2.75) is 52.2 Å². The van der Waals surface area contributed by atoms with Crippen molar-refractivity contribution in [1.82, 2.24) is 9.47 Å². The summed E-state index contributed by atoms with van der Waals surface area (Å²) in [6, 6.07) is 16.0. The van der Waals surface area contributed by atoms with Gasteiger partial charge < -0.3 is 24.0 Å². The van der Waals surface area contributed by atoms with Gasteiger partial charge in [-0.2, -0.15) is 0 Å². The Morgan fingerprint density at radius 3 is 2.50 bits per heavy atom. The summed E-state index contributed by atoms with van der Waals surface area (Å²) in [6.07, 6.45) is 4.38. The minimum atomic E-state index is -0.553. The summed E-state index contributed by atoms with van der Waals surface area (Å²) in [4.78, 5) is 15.2. The van der Waals surface area contributed by atoms with Crippen LogP contribution >= 0.6 is 0 Å². The van der Waals surface area contributed by atoms with E-state index in [-0.39, 0.29) is 12.6 Å². The van der Waals surface area contributed by atoms with E-state index in [1.807, 2.05) is 50.2 Å². The van der Waals surface area contributed by atoms with Gasteiger partial charge in [0.15, 0.2) is 0 Å². The summed E-state index contributed by atoms with van der Waals surface area (Å²) in [5.74, 6) is 0.319. The zero-order valence-electron chi connectivity index (χ0n) is 20.3. The number of aliphatic hydroxyl groups excluding tert-OH is 1. The lowest BCUT2D eigenvalue weighted by atomic mass is 10.1. The standard InChI is InChI=1S/C28H36N2O4/c1-3-33-28(32)27-21(2)30(18-22-11-7-6-8-12-22)26-14-13-24(17-25(26)27)34-20-23(31)19-29-15-9-4-5-10-16-29/h6-8,11-14,17,23,31H,3-5,9-10,15-16,18-20H2,1-2H3/t23-/m1/s1. The molecule has 4 rings (SSSR count). The predicted octanol–water partition coefficient (Wildman–Crippen LogP) is 4.79. The Labute approximate surface area is 202 Å². The van der Waals surface area contributed by atoms with Crippen molar-refractivity contribution >= 4 is 16.9 Å². The van der Waals surface area contributed by atoms with E-state index >= 15 is 0 Å². The Hall–Kier alpha value is -2.83. The van der Waals surface area contributed by atoms with E-state index in [1.54, 1.807) is 0 Å². The first kappa shape index (κ1) is 24.3. The van der Waals surface area contributed by atoms with Crippen molar-refractivity contribution in [3.05, 3.63) is 65.4 Å². The van der Waals surface area contributed by atoms with E-state index in [1.165, 1.54) is 25.7 Å². The maximum Gasteiger partial charge on any atom is 0.340 e. The Balaban J connectivity index is 1.55. The zero-order valence-corrected chi connectivity index (χ0v) is 20.3. The first-order valence-corrected chi connectivity index (χ1v) is 12.4. The first-order valence-electron chi connectivity index (χ1n) is 12.4. The Kier molecular flexibility index (Phi) is 8.25. The van der Waals surface area contributed by atoms with Crippen molar-refractivity contribution in [1.29, 1.82) is 0 Å². The lowest BCUT2D eigenvalue weighted by Crippen LogP contribution is -2.36. The van der Waals surface area contributed by atoms with Crippen LogP contribution in [0.1, 0.15) is 54.2 Å². The largest absolute Gasteiger partial charge is 0.491 e. The fraction of sp³-hybridized carbons (Fsp3) is 0.464. The van der Waals surface area contributed by atoms with Crippen LogP contribution in [0.25, 0.3) is 10.9 Å². The molecule has 0 spiro atoms. The van der Waals surface area contributed by atoms with Crippen molar-refractivity contribution in [2.24, 2.45) is 0 Å². The summed E-state index contributed by atoms with van der Waals surface area (Å²) in [7, 11) is 0. The number of hydrogen-bond acceptors (Lipinski definition) is 5. The molecule has 0 saturated carbocycles. The van der Waals surface area contributed by atoms with Gasteiger partial charge in [-0.25, -0.2) is 4.79 Å². The molecule has 34 heavy (non-hydrogen) atoms.